The van der Waals surface area contributed by atoms with E-state index in [-0.39, 0.29) is 18.0 Å². The third-order valence-electron chi connectivity index (χ3n) is 1.71. The van der Waals surface area contributed by atoms with Crippen LogP contribution >= 0.6 is 0 Å². The zero-order valence-electron chi connectivity index (χ0n) is 8.15. The van der Waals surface area contributed by atoms with E-state index in [4.69, 9.17) is 15.0 Å². The van der Waals surface area contributed by atoms with Crippen LogP contribution in [0.1, 0.15) is 32.6 Å². The molecule has 5 heteroatoms. The van der Waals surface area contributed by atoms with E-state index in [1.54, 1.807) is 0 Å². The van der Waals surface area contributed by atoms with E-state index in [1.165, 1.54) is 0 Å². The van der Waals surface area contributed by atoms with Crippen molar-refractivity contribution in [1.29, 1.82) is 0 Å². The molecule has 0 amide bonds. The summed E-state index contributed by atoms with van der Waals surface area (Å²) >= 11 is 0. The molecule has 0 aromatic carbocycles. The lowest BCUT2D eigenvalue weighted by molar-refractivity contribution is 0.214. The predicted octanol–water partition coefficient (Wildman–Crippen LogP) is 1.12. The minimum absolute atomic E-state index is 0.189. The smallest absolute Gasteiger partial charge is 0.417 e. The summed E-state index contributed by atoms with van der Waals surface area (Å²) in [5, 5.41) is 3.72. The highest BCUT2D eigenvalue weighted by atomic mass is 16.6. The van der Waals surface area contributed by atoms with Gasteiger partial charge in [0.05, 0.1) is 12.6 Å². The quantitative estimate of drug-likeness (QED) is 0.760. The first-order chi connectivity index (χ1) is 6.15. The van der Waals surface area contributed by atoms with Crippen LogP contribution < -0.4 is 10.5 Å². The molecule has 1 rings (SSSR count). The molecule has 0 saturated carbocycles. The molecule has 0 fully saturated rings. The molecule has 0 spiro atoms. The van der Waals surface area contributed by atoms with Crippen molar-refractivity contribution < 1.29 is 9.26 Å². The van der Waals surface area contributed by atoms with Gasteiger partial charge >= 0.3 is 6.08 Å². The highest BCUT2D eigenvalue weighted by Gasteiger charge is 2.17. The molecule has 0 aliphatic heterocycles. The summed E-state index contributed by atoms with van der Waals surface area (Å²) in [5.41, 5.74) is 5.81. The van der Waals surface area contributed by atoms with Crippen LogP contribution in [0.3, 0.4) is 0 Å². The topological polar surface area (TPSA) is 74.2 Å². The molecule has 0 radical (unpaired) electrons. The van der Waals surface area contributed by atoms with Crippen molar-refractivity contribution in [3.05, 3.63) is 5.82 Å². The van der Waals surface area contributed by atoms with Crippen molar-refractivity contribution in [2.45, 2.75) is 26.8 Å². The van der Waals surface area contributed by atoms with Crippen molar-refractivity contribution >= 4 is 0 Å². The average molecular weight is 185 g/mol. The fraction of sp³-hybridized carbons (Fsp3) is 0.750. The van der Waals surface area contributed by atoms with Crippen LogP contribution in [0.4, 0.5) is 0 Å². The van der Waals surface area contributed by atoms with E-state index in [9.17, 15) is 0 Å². The summed E-state index contributed by atoms with van der Waals surface area (Å²) in [6.45, 7) is 6.37. The molecule has 74 valence electrons. The molecule has 1 heterocycles. The lowest BCUT2D eigenvalue weighted by Gasteiger charge is -2.09. The van der Waals surface area contributed by atoms with Gasteiger partial charge in [-0.2, -0.15) is 4.98 Å². The van der Waals surface area contributed by atoms with Crippen LogP contribution in [-0.2, 0) is 0 Å². The summed E-state index contributed by atoms with van der Waals surface area (Å²) in [4.78, 5) is 4.00. The Labute approximate surface area is 77.3 Å². The minimum Gasteiger partial charge on any atom is -0.449 e. The molecule has 13 heavy (non-hydrogen) atoms. The van der Waals surface area contributed by atoms with Gasteiger partial charge in [-0.05, 0) is 12.8 Å². The van der Waals surface area contributed by atoms with Gasteiger partial charge in [0.1, 0.15) is 0 Å². The average Bonchev–Trinajstić information content (AvgIpc) is 2.52. The maximum Gasteiger partial charge on any atom is 0.417 e. The van der Waals surface area contributed by atoms with Gasteiger partial charge in [0.2, 0.25) is 0 Å². The molecule has 1 aromatic heterocycles. The molecule has 2 N–H and O–H groups in total. The molecule has 0 saturated heterocycles. The van der Waals surface area contributed by atoms with Gasteiger partial charge in [0.15, 0.2) is 5.82 Å². The summed E-state index contributed by atoms with van der Waals surface area (Å²) < 4.78 is 9.83. The third kappa shape index (κ3) is 2.42. The Balaban J connectivity index is 2.67. The van der Waals surface area contributed by atoms with Gasteiger partial charge in [0.25, 0.3) is 0 Å². The molecule has 1 aromatic rings. The number of hydrogen-bond donors (Lipinski definition) is 1. The van der Waals surface area contributed by atoms with Crippen LogP contribution in [0.2, 0.25) is 0 Å². The molecule has 1 unspecified atom stereocenters. The van der Waals surface area contributed by atoms with Crippen molar-refractivity contribution in [1.82, 2.24) is 10.1 Å². The summed E-state index contributed by atoms with van der Waals surface area (Å²) in [5.74, 6) is 0.783. The molecular formula is C8H15N3O2. The molecule has 0 aliphatic rings. The van der Waals surface area contributed by atoms with Gasteiger partial charge < -0.3 is 10.5 Å². The first kappa shape index (κ1) is 9.98. The second-order valence-electron chi connectivity index (χ2n) is 3.12. The molecule has 5 nitrogen and oxygen atoms in total. The van der Waals surface area contributed by atoms with Crippen molar-refractivity contribution in [2.24, 2.45) is 11.7 Å². The summed E-state index contributed by atoms with van der Waals surface area (Å²) in [6, 6.07) is -0.196. The number of rotatable bonds is 4. The van der Waals surface area contributed by atoms with Gasteiger partial charge in [-0.25, -0.2) is 0 Å². The molecular weight excluding hydrogens is 170 g/mol. The third-order valence-corrected chi connectivity index (χ3v) is 1.71. The monoisotopic (exact) mass is 185 g/mol. The highest BCUT2D eigenvalue weighted by Crippen LogP contribution is 2.17. The van der Waals surface area contributed by atoms with Crippen molar-refractivity contribution in [2.75, 3.05) is 6.61 Å². The largest absolute Gasteiger partial charge is 0.449 e. The number of nitrogens with zero attached hydrogens (tertiary/aromatic N) is 2. The Morgan fingerprint density at radius 3 is 2.77 bits per heavy atom. The van der Waals surface area contributed by atoms with Gasteiger partial charge in [-0.3, -0.25) is 4.52 Å². The van der Waals surface area contributed by atoms with Crippen LogP contribution in [0.5, 0.6) is 6.08 Å². The lowest BCUT2D eigenvalue weighted by Crippen LogP contribution is -2.18. The van der Waals surface area contributed by atoms with Crippen molar-refractivity contribution in [3.63, 3.8) is 0 Å². The van der Waals surface area contributed by atoms with E-state index < -0.39 is 0 Å². The number of aromatic nitrogens is 2. The zero-order valence-corrected chi connectivity index (χ0v) is 8.15. The molecule has 1 atom stereocenters. The fourth-order valence-corrected chi connectivity index (χ4v) is 0.836. The van der Waals surface area contributed by atoms with E-state index in [0.29, 0.717) is 12.4 Å². The Bertz CT molecular complexity index is 260. The predicted molar refractivity (Wildman–Crippen MR) is 47.2 cm³/mol. The zero-order chi connectivity index (χ0) is 9.84. The van der Waals surface area contributed by atoms with E-state index in [0.717, 1.165) is 0 Å². The normalized spacial score (nSPS) is 13.3. The van der Waals surface area contributed by atoms with Crippen LogP contribution in [0, 0.1) is 5.92 Å². The van der Waals surface area contributed by atoms with E-state index >= 15 is 0 Å². The van der Waals surface area contributed by atoms with E-state index in [1.807, 2.05) is 20.8 Å². The lowest BCUT2D eigenvalue weighted by atomic mass is 10.1. The number of nitrogens with two attached hydrogens (primary N) is 1. The van der Waals surface area contributed by atoms with Crippen LogP contribution in [-0.4, -0.2) is 16.7 Å². The van der Waals surface area contributed by atoms with Crippen molar-refractivity contribution in [3.8, 4) is 6.08 Å². The molecule has 0 bridgehead atoms. The summed E-state index contributed by atoms with van der Waals surface area (Å²) in [6.07, 6.45) is 0.189. The van der Waals surface area contributed by atoms with Gasteiger partial charge in [-0.1, -0.05) is 19.0 Å². The maximum atomic E-state index is 5.81. The molecule has 0 aliphatic carbocycles. The minimum atomic E-state index is -0.196. The SMILES string of the molecule is CCOc1nc(C(N)C(C)C)no1. The Morgan fingerprint density at radius 1 is 1.54 bits per heavy atom. The first-order valence-electron chi connectivity index (χ1n) is 4.37. The second-order valence-corrected chi connectivity index (χ2v) is 3.12. The van der Waals surface area contributed by atoms with E-state index in [2.05, 4.69) is 10.1 Å². The standard InChI is InChI=1S/C8H15N3O2/c1-4-12-8-10-7(11-13-8)6(9)5(2)3/h5-6H,4,9H2,1-3H3. The van der Waals surface area contributed by atoms with Crippen LogP contribution in [0.25, 0.3) is 0 Å². The first-order valence-corrected chi connectivity index (χ1v) is 4.37. The second kappa shape index (κ2) is 4.23. The Hall–Kier alpha value is -1.10. The van der Waals surface area contributed by atoms with Gasteiger partial charge in [-0.15, -0.1) is 0 Å². The van der Waals surface area contributed by atoms with Crippen LogP contribution in [0.15, 0.2) is 4.52 Å². The summed E-state index contributed by atoms with van der Waals surface area (Å²) in [7, 11) is 0. The number of ether oxygens (including phenoxy) is 1. The Morgan fingerprint density at radius 2 is 2.23 bits per heavy atom. The maximum absolute atomic E-state index is 5.81. The number of hydrogen-bond acceptors (Lipinski definition) is 5. The Kier molecular flexibility index (Phi) is 3.25. The fourth-order valence-electron chi connectivity index (χ4n) is 0.836. The van der Waals surface area contributed by atoms with Gasteiger partial charge in [0, 0.05) is 0 Å². The highest BCUT2D eigenvalue weighted by molar-refractivity contribution is 4.96.